The van der Waals surface area contributed by atoms with Gasteiger partial charge >= 0.3 is 0 Å². The van der Waals surface area contributed by atoms with Gasteiger partial charge in [-0.2, -0.15) is 0 Å². The third kappa shape index (κ3) is 5.98. The molecule has 0 saturated carbocycles. The summed E-state index contributed by atoms with van der Waals surface area (Å²) in [4.78, 5) is 42.9. The molecule has 1 aromatic carbocycles. The first kappa shape index (κ1) is 24.3. The third-order valence-corrected chi connectivity index (χ3v) is 7.23. The SMILES string of the molecule is CC(=O)c1ccc(C(C=O)N2CCC(C(=O)NCCCc3ccc4c(n3)CCCC4)CC2)cc1. The number of ketones is 1. The second kappa shape index (κ2) is 11.5. The number of piperidine rings is 1. The van der Waals surface area contributed by atoms with Crippen LogP contribution in [-0.4, -0.2) is 47.5 Å². The van der Waals surface area contributed by atoms with Crippen LogP contribution in [0.2, 0.25) is 0 Å². The first-order valence-corrected chi connectivity index (χ1v) is 12.6. The number of carbonyl (C=O) groups is 3. The molecule has 180 valence electrons. The van der Waals surface area contributed by atoms with E-state index >= 15 is 0 Å². The summed E-state index contributed by atoms with van der Waals surface area (Å²) in [6, 6.07) is 11.3. The number of hydrogen-bond donors (Lipinski definition) is 1. The lowest BCUT2D eigenvalue weighted by Crippen LogP contribution is -2.42. The van der Waals surface area contributed by atoms with Crippen molar-refractivity contribution >= 4 is 18.0 Å². The van der Waals surface area contributed by atoms with Gasteiger partial charge in [0.2, 0.25) is 5.91 Å². The Morgan fingerprint density at radius 2 is 1.82 bits per heavy atom. The van der Waals surface area contributed by atoms with Crippen LogP contribution in [0.15, 0.2) is 36.4 Å². The van der Waals surface area contributed by atoms with E-state index in [1.54, 1.807) is 12.1 Å². The van der Waals surface area contributed by atoms with Crippen molar-refractivity contribution < 1.29 is 14.4 Å². The fraction of sp³-hybridized carbons (Fsp3) is 0.500. The lowest BCUT2D eigenvalue weighted by Gasteiger charge is -2.35. The van der Waals surface area contributed by atoms with Crippen molar-refractivity contribution in [3.63, 3.8) is 0 Å². The summed E-state index contributed by atoms with van der Waals surface area (Å²) >= 11 is 0. The van der Waals surface area contributed by atoms with Gasteiger partial charge in [-0.1, -0.05) is 30.3 Å². The molecule has 1 saturated heterocycles. The number of nitrogens with one attached hydrogen (secondary N) is 1. The molecule has 1 unspecified atom stereocenters. The highest BCUT2D eigenvalue weighted by Gasteiger charge is 2.29. The molecule has 1 aliphatic heterocycles. The molecule has 1 N–H and O–H groups in total. The molecule has 0 radical (unpaired) electrons. The summed E-state index contributed by atoms with van der Waals surface area (Å²) in [7, 11) is 0. The molecule has 4 rings (SSSR count). The molecule has 6 nitrogen and oxygen atoms in total. The van der Waals surface area contributed by atoms with Crippen molar-refractivity contribution in [1.82, 2.24) is 15.2 Å². The summed E-state index contributed by atoms with van der Waals surface area (Å²) < 4.78 is 0. The Hall–Kier alpha value is -2.86. The van der Waals surface area contributed by atoms with Crippen molar-refractivity contribution in [2.75, 3.05) is 19.6 Å². The standard InChI is InChI=1S/C28H35N3O3/c1-20(33)21-8-10-23(11-9-21)27(19-32)31-17-14-24(15-18-31)28(34)29-16-4-6-25-13-12-22-5-2-3-7-26(22)30-25/h8-13,19,24,27H,2-7,14-18H2,1H3,(H,29,34). The lowest BCUT2D eigenvalue weighted by molar-refractivity contribution is -0.126. The van der Waals surface area contributed by atoms with Crippen LogP contribution in [0.3, 0.4) is 0 Å². The minimum atomic E-state index is -0.339. The minimum absolute atomic E-state index is 0.00879. The minimum Gasteiger partial charge on any atom is -0.356 e. The summed E-state index contributed by atoms with van der Waals surface area (Å²) in [6.45, 7) is 3.61. The van der Waals surface area contributed by atoms with Crippen LogP contribution in [0.5, 0.6) is 0 Å². The molecule has 1 atom stereocenters. The number of aldehydes is 1. The Kier molecular flexibility index (Phi) is 8.22. The van der Waals surface area contributed by atoms with Crippen molar-refractivity contribution in [2.45, 2.75) is 64.3 Å². The summed E-state index contributed by atoms with van der Waals surface area (Å²) in [6.07, 6.45) is 8.96. The van der Waals surface area contributed by atoms with Gasteiger partial charge in [0.1, 0.15) is 6.29 Å². The van der Waals surface area contributed by atoms with Gasteiger partial charge in [-0.25, -0.2) is 0 Å². The third-order valence-electron chi connectivity index (χ3n) is 7.23. The van der Waals surface area contributed by atoms with Crippen molar-refractivity contribution in [3.05, 3.63) is 64.5 Å². The van der Waals surface area contributed by atoms with Gasteiger partial charge in [0.05, 0.1) is 6.04 Å². The highest BCUT2D eigenvalue weighted by atomic mass is 16.2. The monoisotopic (exact) mass is 461 g/mol. The predicted molar refractivity (Wildman–Crippen MR) is 132 cm³/mol. The number of rotatable bonds is 9. The zero-order valence-electron chi connectivity index (χ0n) is 20.1. The largest absolute Gasteiger partial charge is 0.356 e. The first-order valence-electron chi connectivity index (χ1n) is 12.6. The number of hydrogen-bond acceptors (Lipinski definition) is 5. The van der Waals surface area contributed by atoms with Crippen LogP contribution < -0.4 is 5.32 Å². The normalized spacial score (nSPS) is 17.6. The van der Waals surface area contributed by atoms with Gasteiger partial charge in [-0.05, 0) is 88.6 Å². The smallest absolute Gasteiger partial charge is 0.223 e. The van der Waals surface area contributed by atoms with E-state index in [2.05, 4.69) is 22.3 Å². The Morgan fingerprint density at radius 1 is 1.09 bits per heavy atom. The topological polar surface area (TPSA) is 79.4 Å². The van der Waals surface area contributed by atoms with Gasteiger partial charge in [-0.3, -0.25) is 19.5 Å². The second-order valence-corrected chi connectivity index (χ2v) is 9.58. The molecule has 1 amide bonds. The number of likely N-dealkylation sites (tertiary alicyclic amines) is 1. The van der Waals surface area contributed by atoms with E-state index in [1.807, 2.05) is 12.1 Å². The molecule has 6 heteroatoms. The number of amides is 1. The van der Waals surface area contributed by atoms with Crippen LogP contribution in [-0.2, 0) is 28.9 Å². The van der Waals surface area contributed by atoms with Gasteiger partial charge in [0.25, 0.3) is 0 Å². The van der Waals surface area contributed by atoms with Gasteiger partial charge in [0, 0.05) is 29.4 Å². The number of Topliss-reactive ketones (excluding diaryl/α,β-unsaturated/α-hetero) is 1. The number of fused-ring (bicyclic) bond motifs is 1. The van der Waals surface area contributed by atoms with E-state index in [0.717, 1.165) is 56.1 Å². The molecular weight excluding hydrogens is 426 g/mol. The average molecular weight is 462 g/mol. The fourth-order valence-electron chi connectivity index (χ4n) is 5.12. The van der Waals surface area contributed by atoms with E-state index in [0.29, 0.717) is 25.2 Å². The number of nitrogens with zero attached hydrogens (tertiary/aromatic N) is 2. The Morgan fingerprint density at radius 3 is 2.53 bits per heavy atom. The number of benzene rings is 1. The van der Waals surface area contributed by atoms with E-state index in [1.165, 1.54) is 31.0 Å². The second-order valence-electron chi connectivity index (χ2n) is 9.58. The summed E-state index contributed by atoms with van der Waals surface area (Å²) in [5.74, 6) is 0.122. The molecule has 0 bridgehead atoms. The van der Waals surface area contributed by atoms with E-state index in [-0.39, 0.29) is 23.7 Å². The van der Waals surface area contributed by atoms with E-state index in [4.69, 9.17) is 4.98 Å². The van der Waals surface area contributed by atoms with Crippen molar-refractivity contribution in [1.29, 1.82) is 0 Å². The highest BCUT2D eigenvalue weighted by Crippen LogP contribution is 2.26. The quantitative estimate of drug-likeness (QED) is 0.348. The lowest BCUT2D eigenvalue weighted by atomic mass is 9.93. The Bertz CT molecular complexity index is 1010. The molecule has 1 fully saturated rings. The molecule has 1 aromatic heterocycles. The van der Waals surface area contributed by atoms with Crippen LogP contribution >= 0.6 is 0 Å². The van der Waals surface area contributed by atoms with Crippen molar-refractivity contribution in [2.24, 2.45) is 5.92 Å². The molecule has 2 aromatic rings. The Labute approximate surface area is 202 Å². The maximum Gasteiger partial charge on any atom is 0.223 e. The first-order chi connectivity index (χ1) is 16.5. The van der Waals surface area contributed by atoms with Crippen LogP contribution in [0.4, 0.5) is 0 Å². The van der Waals surface area contributed by atoms with Crippen LogP contribution in [0.1, 0.15) is 77.9 Å². The number of aromatic nitrogens is 1. The molecule has 2 heterocycles. The molecule has 1 aliphatic carbocycles. The summed E-state index contributed by atoms with van der Waals surface area (Å²) in [5.41, 5.74) is 5.33. The van der Waals surface area contributed by atoms with Crippen molar-refractivity contribution in [3.8, 4) is 0 Å². The number of pyridine rings is 1. The van der Waals surface area contributed by atoms with Crippen LogP contribution in [0, 0.1) is 5.92 Å². The fourth-order valence-corrected chi connectivity index (χ4v) is 5.12. The number of carbonyl (C=O) groups excluding carboxylic acids is 3. The molecule has 2 aliphatic rings. The maximum absolute atomic E-state index is 12.7. The average Bonchev–Trinajstić information content (AvgIpc) is 2.87. The zero-order valence-corrected chi connectivity index (χ0v) is 20.1. The van der Waals surface area contributed by atoms with Gasteiger partial charge < -0.3 is 10.1 Å². The summed E-state index contributed by atoms with van der Waals surface area (Å²) in [5, 5.41) is 3.10. The Balaban J connectivity index is 1.20. The highest BCUT2D eigenvalue weighted by molar-refractivity contribution is 5.94. The maximum atomic E-state index is 12.7. The van der Waals surface area contributed by atoms with Crippen LogP contribution in [0.25, 0.3) is 0 Å². The molecule has 34 heavy (non-hydrogen) atoms. The number of aryl methyl sites for hydroxylation is 3. The van der Waals surface area contributed by atoms with Gasteiger partial charge in [-0.15, -0.1) is 0 Å². The molecular formula is C28H35N3O3. The van der Waals surface area contributed by atoms with E-state index < -0.39 is 0 Å². The molecule has 0 spiro atoms. The zero-order chi connectivity index (χ0) is 23.9. The predicted octanol–water partition coefficient (Wildman–Crippen LogP) is 3.86. The van der Waals surface area contributed by atoms with E-state index in [9.17, 15) is 14.4 Å². The van der Waals surface area contributed by atoms with Gasteiger partial charge in [0.15, 0.2) is 5.78 Å².